The van der Waals surface area contributed by atoms with Gasteiger partial charge >= 0.3 is 0 Å². The molecule has 2 aromatic rings. The summed E-state index contributed by atoms with van der Waals surface area (Å²) in [6.45, 7) is 0.226. The van der Waals surface area contributed by atoms with Gasteiger partial charge in [0.1, 0.15) is 5.82 Å². The van der Waals surface area contributed by atoms with Crippen molar-refractivity contribution in [2.75, 3.05) is 12.3 Å². The topological polar surface area (TPSA) is 72.2 Å². The third-order valence-electron chi connectivity index (χ3n) is 2.90. The van der Waals surface area contributed by atoms with Gasteiger partial charge in [-0.25, -0.2) is 17.5 Å². The zero-order chi connectivity index (χ0) is 15.5. The second-order valence-electron chi connectivity index (χ2n) is 4.46. The Hall–Kier alpha value is -1.44. The van der Waals surface area contributed by atoms with E-state index >= 15 is 0 Å². The lowest BCUT2D eigenvalue weighted by molar-refractivity contribution is 0.581. The molecule has 2 aromatic carbocycles. The van der Waals surface area contributed by atoms with Gasteiger partial charge in [-0.15, -0.1) is 0 Å². The maximum atomic E-state index is 12.8. The fourth-order valence-corrected chi connectivity index (χ4v) is 3.07. The lowest BCUT2D eigenvalue weighted by Crippen LogP contribution is -2.26. The molecule has 0 aromatic heterocycles. The molecule has 0 heterocycles. The lowest BCUT2D eigenvalue weighted by atomic mass is 10.1. The van der Waals surface area contributed by atoms with Gasteiger partial charge in [0.05, 0.1) is 4.90 Å². The van der Waals surface area contributed by atoms with Crippen molar-refractivity contribution in [3.05, 3.63) is 58.3 Å². The van der Waals surface area contributed by atoms with E-state index in [1.807, 2.05) is 0 Å². The van der Waals surface area contributed by atoms with Gasteiger partial charge in [-0.3, -0.25) is 0 Å². The van der Waals surface area contributed by atoms with Gasteiger partial charge in [-0.05, 0) is 58.2 Å². The maximum Gasteiger partial charge on any atom is 0.240 e. The van der Waals surface area contributed by atoms with Crippen molar-refractivity contribution in [3.63, 3.8) is 0 Å². The molecule has 112 valence electrons. The van der Waals surface area contributed by atoms with Crippen LogP contribution in [0.25, 0.3) is 0 Å². The molecule has 2 rings (SSSR count). The Bertz CT molecular complexity index is 733. The van der Waals surface area contributed by atoms with Gasteiger partial charge in [0.2, 0.25) is 10.0 Å². The summed E-state index contributed by atoms with van der Waals surface area (Å²) < 4.78 is 40.1. The molecule has 0 amide bonds. The first-order valence-corrected chi connectivity index (χ1v) is 8.45. The summed E-state index contributed by atoms with van der Waals surface area (Å²) in [5.41, 5.74) is 6.89. The molecule has 0 saturated carbocycles. The molecular weight excluding hydrogens is 359 g/mol. The minimum Gasteiger partial charge on any atom is -0.398 e. The van der Waals surface area contributed by atoms with E-state index in [0.717, 1.165) is 5.56 Å². The Labute approximate surface area is 131 Å². The van der Waals surface area contributed by atoms with Crippen LogP contribution in [0.1, 0.15) is 5.56 Å². The van der Waals surface area contributed by atoms with E-state index < -0.39 is 10.0 Å². The second kappa shape index (κ2) is 6.55. The quantitative estimate of drug-likeness (QED) is 0.792. The molecule has 0 radical (unpaired) electrons. The number of hydrogen-bond acceptors (Lipinski definition) is 3. The molecule has 0 aliphatic carbocycles. The van der Waals surface area contributed by atoms with Crippen molar-refractivity contribution in [3.8, 4) is 0 Å². The summed E-state index contributed by atoms with van der Waals surface area (Å²) in [6.07, 6.45) is 0.478. The molecule has 4 nitrogen and oxygen atoms in total. The number of nitrogens with two attached hydrogens (primary N) is 1. The van der Waals surface area contributed by atoms with Crippen LogP contribution in [0.5, 0.6) is 0 Å². The van der Waals surface area contributed by atoms with Crippen LogP contribution in [0.15, 0.2) is 51.8 Å². The van der Waals surface area contributed by atoms with Crippen molar-refractivity contribution in [1.82, 2.24) is 4.72 Å². The van der Waals surface area contributed by atoms with Gasteiger partial charge in [0.15, 0.2) is 0 Å². The van der Waals surface area contributed by atoms with Crippen LogP contribution in [0.3, 0.4) is 0 Å². The number of hydrogen-bond donors (Lipinski definition) is 2. The van der Waals surface area contributed by atoms with E-state index in [-0.39, 0.29) is 17.3 Å². The molecule has 0 spiro atoms. The van der Waals surface area contributed by atoms with Gasteiger partial charge in [0, 0.05) is 16.7 Å². The van der Waals surface area contributed by atoms with Crippen molar-refractivity contribution >= 4 is 31.6 Å². The Kier molecular flexibility index (Phi) is 4.97. The van der Waals surface area contributed by atoms with Gasteiger partial charge in [0.25, 0.3) is 0 Å². The van der Waals surface area contributed by atoms with Crippen LogP contribution in [-0.4, -0.2) is 15.0 Å². The summed E-state index contributed by atoms with van der Waals surface area (Å²) in [7, 11) is -3.60. The summed E-state index contributed by atoms with van der Waals surface area (Å²) in [5.74, 6) is -0.315. The number of rotatable bonds is 5. The molecular formula is C14H14BrFN2O2S. The SMILES string of the molecule is Nc1cc(S(=O)(=O)NCCc2ccc(F)cc2)ccc1Br. The zero-order valence-corrected chi connectivity index (χ0v) is 13.4. The van der Waals surface area contributed by atoms with Crippen LogP contribution >= 0.6 is 15.9 Å². The van der Waals surface area contributed by atoms with Gasteiger partial charge in [-0.1, -0.05) is 12.1 Å². The van der Waals surface area contributed by atoms with Crippen LogP contribution in [0, 0.1) is 5.82 Å². The Morgan fingerprint density at radius 2 is 1.81 bits per heavy atom. The van der Waals surface area contributed by atoms with Crippen LogP contribution in [-0.2, 0) is 16.4 Å². The molecule has 0 aliphatic heterocycles. The third kappa shape index (κ3) is 4.26. The van der Waals surface area contributed by atoms with Crippen molar-refractivity contribution in [2.45, 2.75) is 11.3 Å². The predicted molar refractivity (Wildman–Crippen MR) is 83.8 cm³/mol. The van der Waals surface area contributed by atoms with E-state index in [9.17, 15) is 12.8 Å². The largest absolute Gasteiger partial charge is 0.398 e. The van der Waals surface area contributed by atoms with E-state index in [0.29, 0.717) is 16.6 Å². The summed E-state index contributed by atoms with van der Waals surface area (Å²) in [5, 5.41) is 0. The predicted octanol–water partition coefficient (Wildman–Crippen LogP) is 2.69. The minimum atomic E-state index is -3.60. The second-order valence-corrected chi connectivity index (χ2v) is 7.08. The van der Waals surface area contributed by atoms with E-state index in [2.05, 4.69) is 20.7 Å². The number of halogens is 2. The molecule has 0 unspecified atom stereocenters. The van der Waals surface area contributed by atoms with E-state index in [1.54, 1.807) is 18.2 Å². The smallest absolute Gasteiger partial charge is 0.240 e. The number of benzene rings is 2. The van der Waals surface area contributed by atoms with Crippen LogP contribution in [0.4, 0.5) is 10.1 Å². The molecule has 3 N–H and O–H groups in total. The van der Waals surface area contributed by atoms with Gasteiger partial charge < -0.3 is 5.73 Å². The van der Waals surface area contributed by atoms with Crippen molar-refractivity contribution in [1.29, 1.82) is 0 Å². The summed E-state index contributed by atoms with van der Waals surface area (Å²) >= 11 is 3.21. The number of nitrogens with one attached hydrogen (secondary N) is 1. The van der Waals surface area contributed by atoms with Crippen molar-refractivity contribution < 1.29 is 12.8 Å². The van der Waals surface area contributed by atoms with E-state index in [4.69, 9.17) is 5.73 Å². The highest BCUT2D eigenvalue weighted by atomic mass is 79.9. The highest BCUT2D eigenvalue weighted by Crippen LogP contribution is 2.22. The van der Waals surface area contributed by atoms with Crippen molar-refractivity contribution in [2.24, 2.45) is 0 Å². The van der Waals surface area contributed by atoms with Gasteiger partial charge in [-0.2, -0.15) is 0 Å². The monoisotopic (exact) mass is 372 g/mol. The zero-order valence-electron chi connectivity index (χ0n) is 11.0. The first-order valence-electron chi connectivity index (χ1n) is 6.17. The summed E-state index contributed by atoms with van der Waals surface area (Å²) in [4.78, 5) is 0.113. The first kappa shape index (κ1) is 15.9. The fraction of sp³-hybridized carbons (Fsp3) is 0.143. The number of nitrogen functional groups attached to an aromatic ring is 1. The van der Waals surface area contributed by atoms with Crippen LogP contribution in [0.2, 0.25) is 0 Å². The molecule has 0 fully saturated rings. The molecule has 21 heavy (non-hydrogen) atoms. The standard InChI is InChI=1S/C14H14BrFN2O2S/c15-13-6-5-12(9-14(13)17)21(19,20)18-8-7-10-1-3-11(16)4-2-10/h1-6,9,18H,7-8,17H2. The first-order chi connectivity index (χ1) is 9.88. The molecule has 0 saturated heterocycles. The average molecular weight is 373 g/mol. The van der Waals surface area contributed by atoms with Crippen LogP contribution < -0.4 is 10.5 Å². The normalized spacial score (nSPS) is 11.5. The highest BCUT2D eigenvalue weighted by Gasteiger charge is 2.14. The number of sulfonamides is 1. The average Bonchev–Trinajstić information content (AvgIpc) is 2.44. The maximum absolute atomic E-state index is 12.8. The fourth-order valence-electron chi connectivity index (χ4n) is 1.75. The van der Waals surface area contributed by atoms with E-state index in [1.165, 1.54) is 24.3 Å². The third-order valence-corrected chi connectivity index (χ3v) is 5.08. The summed E-state index contributed by atoms with van der Waals surface area (Å²) in [6, 6.07) is 10.4. The minimum absolute atomic E-state index is 0.113. The highest BCUT2D eigenvalue weighted by molar-refractivity contribution is 9.10. The number of anilines is 1. The molecule has 7 heteroatoms. The molecule has 0 aliphatic rings. The Balaban J connectivity index is 2.01. The Morgan fingerprint density at radius 3 is 2.43 bits per heavy atom. The molecule has 0 atom stereocenters. The Morgan fingerprint density at radius 1 is 1.14 bits per heavy atom. The molecule has 0 bridgehead atoms. The lowest BCUT2D eigenvalue weighted by Gasteiger charge is -2.08.